The molecule has 0 amide bonds. The molecule has 17 heavy (non-hydrogen) atoms. The molecule has 0 bridgehead atoms. The van der Waals surface area contributed by atoms with Gasteiger partial charge in [-0.05, 0) is 61.6 Å². The lowest BCUT2D eigenvalue weighted by Crippen LogP contribution is -2.37. The fourth-order valence-electron chi connectivity index (χ4n) is 3.11. The number of hydrogen-bond acceptors (Lipinski definition) is 1. The molecule has 1 saturated carbocycles. The maximum absolute atomic E-state index is 3.59. The average Bonchev–Trinajstić information content (AvgIpc) is 3.10. The number of nitrogens with one attached hydrogen (secondary N) is 1. The first-order valence-electron chi connectivity index (χ1n) is 7.03. The maximum atomic E-state index is 3.59. The summed E-state index contributed by atoms with van der Waals surface area (Å²) in [6.45, 7) is 5.89. The molecule has 0 radical (unpaired) electrons. The van der Waals surface area contributed by atoms with E-state index in [-0.39, 0.29) is 0 Å². The van der Waals surface area contributed by atoms with Gasteiger partial charge in [0.15, 0.2) is 0 Å². The van der Waals surface area contributed by atoms with Crippen LogP contribution in [0.5, 0.6) is 0 Å². The van der Waals surface area contributed by atoms with Crippen molar-refractivity contribution in [3.05, 3.63) is 35.4 Å². The Labute approximate surface area is 105 Å². The number of benzene rings is 1. The van der Waals surface area contributed by atoms with Gasteiger partial charge in [-0.15, -0.1) is 0 Å². The first-order valence-corrected chi connectivity index (χ1v) is 7.03. The van der Waals surface area contributed by atoms with Gasteiger partial charge in [-0.3, -0.25) is 0 Å². The molecule has 0 spiro atoms. The van der Waals surface area contributed by atoms with Crippen LogP contribution in [0.25, 0.3) is 0 Å². The second-order valence-corrected chi connectivity index (χ2v) is 6.17. The fourth-order valence-corrected chi connectivity index (χ4v) is 3.11. The molecule has 1 heterocycles. The molecule has 1 aliphatic heterocycles. The molecule has 1 aromatic carbocycles. The van der Waals surface area contributed by atoms with Crippen LogP contribution in [0.2, 0.25) is 0 Å². The molecule has 2 unspecified atom stereocenters. The van der Waals surface area contributed by atoms with Gasteiger partial charge in [0, 0.05) is 6.04 Å². The first-order chi connectivity index (χ1) is 8.19. The van der Waals surface area contributed by atoms with Gasteiger partial charge in [0.25, 0.3) is 0 Å². The van der Waals surface area contributed by atoms with E-state index in [4.69, 9.17) is 0 Å². The van der Waals surface area contributed by atoms with E-state index >= 15 is 0 Å². The third-order valence-corrected chi connectivity index (χ3v) is 4.80. The van der Waals surface area contributed by atoms with Gasteiger partial charge in [-0.25, -0.2) is 0 Å². The molecular weight excluding hydrogens is 206 g/mol. The summed E-state index contributed by atoms with van der Waals surface area (Å²) in [5.74, 6) is 0.713. The van der Waals surface area contributed by atoms with E-state index in [1.807, 2.05) is 0 Å². The molecule has 1 saturated heterocycles. The van der Waals surface area contributed by atoms with Gasteiger partial charge in [0.2, 0.25) is 0 Å². The second kappa shape index (κ2) is 4.13. The van der Waals surface area contributed by atoms with E-state index in [0.717, 1.165) is 0 Å². The van der Waals surface area contributed by atoms with Crippen molar-refractivity contribution in [2.75, 3.05) is 6.54 Å². The summed E-state index contributed by atoms with van der Waals surface area (Å²) in [6.07, 6.45) is 5.39. The summed E-state index contributed by atoms with van der Waals surface area (Å²) in [6, 6.07) is 10.1. The van der Waals surface area contributed by atoms with E-state index in [1.165, 1.54) is 43.4 Å². The van der Waals surface area contributed by atoms with E-state index < -0.39 is 0 Å². The van der Waals surface area contributed by atoms with Crippen LogP contribution in [-0.4, -0.2) is 12.6 Å². The summed E-state index contributed by atoms with van der Waals surface area (Å²) < 4.78 is 0. The van der Waals surface area contributed by atoms with Gasteiger partial charge < -0.3 is 5.32 Å². The Kier molecular flexibility index (Phi) is 2.74. The fraction of sp³-hybridized carbons (Fsp3) is 0.625. The summed E-state index contributed by atoms with van der Waals surface area (Å²) in [4.78, 5) is 0. The van der Waals surface area contributed by atoms with E-state index in [2.05, 4.69) is 43.4 Å². The minimum absolute atomic E-state index is 0.509. The molecule has 1 aromatic rings. The standard InChI is InChI=1S/C16H23N/c1-12-15(4-3-11-17-12)13-5-7-14(8-6-13)16(2)9-10-16/h5-8,12,15,17H,3-4,9-11H2,1-2H3. The van der Waals surface area contributed by atoms with Crippen molar-refractivity contribution in [2.45, 2.75) is 56.9 Å². The maximum Gasteiger partial charge on any atom is 0.0107 e. The third kappa shape index (κ3) is 2.13. The van der Waals surface area contributed by atoms with Crippen molar-refractivity contribution in [3.63, 3.8) is 0 Å². The van der Waals surface area contributed by atoms with Crippen LogP contribution in [-0.2, 0) is 5.41 Å². The van der Waals surface area contributed by atoms with Crippen LogP contribution in [0.3, 0.4) is 0 Å². The minimum atomic E-state index is 0.509. The topological polar surface area (TPSA) is 12.0 Å². The average molecular weight is 229 g/mol. The van der Waals surface area contributed by atoms with E-state index in [9.17, 15) is 0 Å². The molecule has 1 heteroatoms. The van der Waals surface area contributed by atoms with Crippen LogP contribution in [0.1, 0.15) is 56.6 Å². The van der Waals surface area contributed by atoms with Crippen LogP contribution in [0.15, 0.2) is 24.3 Å². The molecule has 1 N–H and O–H groups in total. The highest BCUT2D eigenvalue weighted by molar-refractivity contribution is 5.34. The smallest absolute Gasteiger partial charge is 0.0107 e. The zero-order valence-electron chi connectivity index (χ0n) is 11.0. The predicted molar refractivity (Wildman–Crippen MR) is 72.5 cm³/mol. The van der Waals surface area contributed by atoms with Crippen molar-refractivity contribution in [1.29, 1.82) is 0 Å². The Morgan fingerprint density at radius 3 is 2.47 bits per heavy atom. The van der Waals surface area contributed by atoms with Crippen molar-refractivity contribution in [3.8, 4) is 0 Å². The molecule has 1 nitrogen and oxygen atoms in total. The van der Waals surface area contributed by atoms with Gasteiger partial charge in [0.1, 0.15) is 0 Å². The molecular formula is C16H23N. The quantitative estimate of drug-likeness (QED) is 0.817. The van der Waals surface area contributed by atoms with E-state index in [0.29, 0.717) is 17.4 Å². The molecule has 1 aliphatic carbocycles. The Balaban J connectivity index is 1.79. The second-order valence-electron chi connectivity index (χ2n) is 6.17. The van der Waals surface area contributed by atoms with Crippen LogP contribution in [0.4, 0.5) is 0 Å². The summed E-state index contributed by atoms with van der Waals surface area (Å²) in [5.41, 5.74) is 3.57. The Morgan fingerprint density at radius 2 is 1.88 bits per heavy atom. The highest BCUT2D eigenvalue weighted by atomic mass is 14.9. The van der Waals surface area contributed by atoms with Crippen molar-refractivity contribution >= 4 is 0 Å². The SMILES string of the molecule is CC1NCCCC1c1ccc(C2(C)CC2)cc1. The molecule has 2 atom stereocenters. The lowest BCUT2D eigenvalue weighted by atomic mass is 9.84. The van der Waals surface area contributed by atoms with Crippen molar-refractivity contribution in [1.82, 2.24) is 5.32 Å². The molecule has 92 valence electrons. The third-order valence-electron chi connectivity index (χ3n) is 4.80. The Morgan fingerprint density at radius 1 is 1.18 bits per heavy atom. The van der Waals surface area contributed by atoms with E-state index in [1.54, 1.807) is 0 Å². The van der Waals surface area contributed by atoms with Crippen LogP contribution >= 0.6 is 0 Å². The number of piperidine rings is 1. The summed E-state index contributed by atoms with van der Waals surface area (Å²) in [5, 5.41) is 3.59. The first kappa shape index (κ1) is 11.3. The molecule has 2 fully saturated rings. The lowest BCUT2D eigenvalue weighted by Gasteiger charge is -2.30. The molecule has 2 aliphatic rings. The number of hydrogen-bond donors (Lipinski definition) is 1. The van der Waals surface area contributed by atoms with Gasteiger partial charge >= 0.3 is 0 Å². The lowest BCUT2D eigenvalue weighted by molar-refractivity contribution is 0.371. The Hall–Kier alpha value is -0.820. The monoisotopic (exact) mass is 229 g/mol. The van der Waals surface area contributed by atoms with Crippen molar-refractivity contribution < 1.29 is 0 Å². The summed E-state index contributed by atoms with van der Waals surface area (Å²) >= 11 is 0. The highest BCUT2D eigenvalue weighted by Crippen LogP contribution is 2.47. The van der Waals surface area contributed by atoms with Gasteiger partial charge in [0.05, 0.1) is 0 Å². The zero-order valence-corrected chi connectivity index (χ0v) is 11.0. The summed E-state index contributed by atoms with van der Waals surface area (Å²) in [7, 11) is 0. The predicted octanol–water partition coefficient (Wildman–Crippen LogP) is 3.59. The van der Waals surface area contributed by atoms with Crippen LogP contribution in [0, 0.1) is 0 Å². The largest absolute Gasteiger partial charge is 0.314 e. The highest BCUT2D eigenvalue weighted by Gasteiger charge is 2.38. The minimum Gasteiger partial charge on any atom is -0.314 e. The molecule has 0 aromatic heterocycles. The van der Waals surface area contributed by atoms with Crippen molar-refractivity contribution in [2.24, 2.45) is 0 Å². The Bertz CT molecular complexity index is 388. The zero-order chi connectivity index (χ0) is 11.9. The molecule has 3 rings (SSSR count). The van der Waals surface area contributed by atoms with Gasteiger partial charge in [-0.2, -0.15) is 0 Å². The normalized spacial score (nSPS) is 31.2. The van der Waals surface area contributed by atoms with Crippen LogP contribution < -0.4 is 5.32 Å². The number of rotatable bonds is 2. The van der Waals surface area contributed by atoms with Gasteiger partial charge in [-0.1, -0.05) is 31.2 Å².